The third kappa shape index (κ3) is 3.44. The van der Waals surface area contributed by atoms with E-state index >= 15 is 0 Å². The summed E-state index contributed by atoms with van der Waals surface area (Å²) < 4.78 is 0. The minimum absolute atomic E-state index is 0.0784. The van der Waals surface area contributed by atoms with Gasteiger partial charge in [-0.15, -0.1) is 11.7 Å². The maximum atomic E-state index is 10.5. The quantitative estimate of drug-likeness (QED) is 0.203. The van der Waals surface area contributed by atoms with Crippen LogP contribution in [-0.4, -0.2) is 22.6 Å². The third-order valence-electron chi connectivity index (χ3n) is 11.5. The Labute approximate surface area is 190 Å². The Morgan fingerprint density at radius 1 is 0.871 bits per heavy atom. The van der Waals surface area contributed by atoms with Crippen molar-refractivity contribution >= 4 is 6.21 Å². The zero-order valence-corrected chi connectivity index (χ0v) is 20.5. The maximum absolute atomic E-state index is 10.5. The topological polar surface area (TPSA) is 52.8 Å². The van der Waals surface area contributed by atoms with E-state index in [2.05, 4.69) is 32.5 Å². The molecule has 0 heterocycles. The van der Waals surface area contributed by atoms with Crippen LogP contribution in [-0.2, 0) is 0 Å². The lowest BCUT2D eigenvalue weighted by Gasteiger charge is -2.67. The molecular weight excluding hydrogens is 382 g/mol. The Kier molecular flexibility index (Phi) is 6.40. The molecule has 0 saturated heterocycles. The Hall–Kier alpha value is -0.830. The predicted molar refractivity (Wildman–Crippen MR) is 128 cm³/mol. The molecule has 0 aromatic rings. The molecule has 0 aromatic carbocycles. The van der Waals surface area contributed by atoms with E-state index in [0.717, 1.165) is 30.1 Å². The molecule has 176 valence electrons. The fourth-order valence-electron chi connectivity index (χ4n) is 10.2. The van der Waals surface area contributed by atoms with Crippen molar-refractivity contribution in [2.45, 2.75) is 104 Å². The monoisotopic (exact) mass is 429 g/mol. The lowest BCUT2D eigenvalue weighted by molar-refractivity contribution is -0.190. The third-order valence-corrected chi connectivity index (χ3v) is 11.5. The number of fused-ring (bicyclic) bond motifs is 7. The van der Waals surface area contributed by atoms with Crippen LogP contribution in [0.2, 0.25) is 0 Å². The molecule has 0 amide bonds. The molecule has 5 rings (SSSR count). The number of oxime groups is 1. The highest BCUT2D eigenvalue weighted by Crippen LogP contribution is 2.71. The summed E-state index contributed by atoms with van der Waals surface area (Å²) >= 11 is 0. The van der Waals surface area contributed by atoms with Crippen molar-refractivity contribution in [3.63, 3.8) is 0 Å². The van der Waals surface area contributed by atoms with Crippen LogP contribution in [0.4, 0.5) is 0 Å². The van der Waals surface area contributed by atoms with Crippen molar-refractivity contribution < 1.29 is 10.3 Å². The van der Waals surface area contributed by atoms with Crippen molar-refractivity contribution in [1.82, 2.24) is 0 Å². The Balaban J connectivity index is 0.000000730. The molecule has 0 aliphatic heterocycles. The Morgan fingerprint density at radius 2 is 1.52 bits per heavy atom. The summed E-state index contributed by atoms with van der Waals surface area (Å²) in [6, 6.07) is 0. The van der Waals surface area contributed by atoms with Crippen LogP contribution < -0.4 is 0 Å². The van der Waals surface area contributed by atoms with Crippen LogP contribution in [0.1, 0.15) is 98.3 Å². The van der Waals surface area contributed by atoms with Gasteiger partial charge >= 0.3 is 0 Å². The number of hydrogen-bond acceptors (Lipinski definition) is 3. The van der Waals surface area contributed by atoms with Gasteiger partial charge in [-0.1, -0.05) is 33.3 Å². The smallest absolute Gasteiger partial charge is 0.0568 e. The van der Waals surface area contributed by atoms with Crippen molar-refractivity contribution in [3.8, 4) is 0 Å². The molecule has 5 aliphatic carbocycles. The molecule has 10 unspecified atom stereocenters. The van der Waals surface area contributed by atoms with Gasteiger partial charge in [-0.2, -0.15) is 0 Å². The van der Waals surface area contributed by atoms with Crippen molar-refractivity contribution in [2.24, 2.45) is 56.9 Å². The lowest BCUT2D eigenvalue weighted by Crippen LogP contribution is -2.61. The fourth-order valence-corrected chi connectivity index (χ4v) is 10.2. The van der Waals surface area contributed by atoms with E-state index in [4.69, 9.17) is 0 Å². The largest absolute Gasteiger partial charge is 0.411 e. The van der Waals surface area contributed by atoms with Crippen LogP contribution in [0.3, 0.4) is 0 Å². The van der Waals surface area contributed by atoms with Gasteiger partial charge < -0.3 is 10.3 Å². The first-order valence-electron chi connectivity index (χ1n) is 13.2. The number of aliphatic hydroxyl groups is 1. The van der Waals surface area contributed by atoms with Crippen LogP contribution in [0, 0.1) is 51.8 Å². The summed E-state index contributed by atoms with van der Waals surface area (Å²) in [6.07, 6.45) is 17.8. The number of nitrogens with zero attached hydrogens (tertiary/aromatic N) is 1. The molecule has 0 radical (unpaired) electrons. The van der Waals surface area contributed by atoms with E-state index in [1.807, 2.05) is 13.1 Å². The minimum atomic E-state index is -0.0784. The summed E-state index contributed by atoms with van der Waals surface area (Å²) in [5.74, 6) is 4.45. The van der Waals surface area contributed by atoms with Gasteiger partial charge in [0.15, 0.2) is 0 Å². The van der Waals surface area contributed by atoms with Gasteiger partial charge in [0, 0.05) is 5.41 Å². The van der Waals surface area contributed by atoms with E-state index < -0.39 is 0 Å². The molecule has 10 atom stereocenters. The van der Waals surface area contributed by atoms with Gasteiger partial charge in [0.1, 0.15) is 0 Å². The molecule has 2 N–H and O–H groups in total. The van der Waals surface area contributed by atoms with E-state index in [-0.39, 0.29) is 11.5 Å². The van der Waals surface area contributed by atoms with Crippen molar-refractivity contribution in [1.29, 1.82) is 0 Å². The summed E-state index contributed by atoms with van der Waals surface area (Å²) in [5.41, 5.74) is 1.10. The Bertz CT molecular complexity index is 690. The fraction of sp³-hybridized carbons (Fsp3) is 0.893. The second-order valence-electron chi connectivity index (χ2n) is 12.4. The molecule has 3 heteroatoms. The van der Waals surface area contributed by atoms with Gasteiger partial charge in [-0.05, 0) is 117 Å². The lowest BCUT2D eigenvalue weighted by atomic mass is 9.37. The molecule has 3 nitrogen and oxygen atoms in total. The zero-order valence-electron chi connectivity index (χ0n) is 20.5. The van der Waals surface area contributed by atoms with Crippen molar-refractivity contribution in [2.75, 3.05) is 0 Å². The summed E-state index contributed by atoms with van der Waals surface area (Å²) in [4.78, 5) is 0. The van der Waals surface area contributed by atoms with E-state index in [0.29, 0.717) is 22.7 Å². The normalized spacial score (nSPS) is 53.4. The van der Waals surface area contributed by atoms with Gasteiger partial charge in [0.25, 0.3) is 0 Å². The van der Waals surface area contributed by atoms with Crippen LogP contribution >= 0.6 is 0 Å². The molecule has 0 bridgehead atoms. The Morgan fingerprint density at radius 3 is 2.23 bits per heavy atom. The van der Waals surface area contributed by atoms with Crippen LogP contribution in [0.5, 0.6) is 0 Å². The molecule has 5 aliphatic rings. The standard InChI is InChI=1S/C25H41NO2.C3H6/c1-16-18-8-12-24(3)19-9-14-25(15-26-28)11-4-5-20(25)17(19)6-7-22(24)23(18,2)13-10-21(16)27;1-3-2/h15-22,27-28H,4-14H2,1-3H3;3H,1H2,2H3/b26-15+;. The first-order valence-corrected chi connectivity index (χ1v) is 13.2. The van der Waals surface area contributed by atoms with Crippen LogP contribution in [0.15, 0.2) is 17.8 Å². The van der Waals surface area contributed by atoms with Gasteiger partial charge in [-0.25, -0.2) is 0 Å². The van der Waals surface area contributed by atoms with Gasteiger partial charge in [0.2, 0.25) is 0 Å². The van der Waals surface area contributed by atoms with E-state index in [1.54, 1.807) is 6.08 Å². The highest BCUT2D eigenvalue weighted by atomic mass is 16.4. The molecule has 5 fully saturated rings. The highest BCUT2D eigenvalue weighted by molar-refractivity contribution is 5.66. The number of rotatable bonds is 1. The van der Waals surface area contributed by atoms with Gasteiger partial charge in [-0.3, -0.25) is 0 Å². The predicted octanol–water partition coefficient (Wildman–Crippen LogP) is 7.07. The van der Waals surface area contributed by atoms with E-state index in [9.17, 15) is 10.3 Å². The number of allylic oxidation sites excluding steroid dienone is 1. The second-order valence-corrected chi connectivity index (χ2v) is 12.4. The second kappa shape index (κ2) is 8.50. The number of aliphatic hydroxyl groups excluding tert-OH is 1. The molecule has 5 saturated carbocycles. The van der Waals surface area contributed by atoms with Crippen molar-refractivity contribution in [3.05, 3.63) is 12.7 Å². The van der Waals surface area contributed by atoms with E-state index in [1.165, 1.54) is 64.2 Å². The molecule has 31 heavy (non-hydrogen) atoms. The minimum Gasteiger partial charge on any atom is -0.411 e. The first-order chi connectivity index (χ1) is 14.8. The van der Waals surface area contributed by atoms with Gasteiger partial charge in [0.05, 0.1) is 12.3 Å². The zero-order chi connectivity index (χ0) is 22.4. The average Bonchev–Trinajstić information content (AvgIpc) is 3.16. The number of hydrogen-bond donors (Lipinski definition) is 2. The molecular formula is C28H47NO2. The molecule has 0 spiro atoms. The maximum Gasteiger partial charge on any atom is 0.0568 e. The average molecular weight is 430 g/mol. The molecule has 0 aromatic heterocycles. The summed E-state index contributed by atoms with van der Waals surface area (Å²) in [6.45, 7) is 12.8. The summed E-state index contributed by atoms with van der Waals surface area (Å²) in [7, 11) is 0. The summed E-state index contributed by atoms with van der Waals surface area (Å²) in [5, 5.41) is 23.4. The SMILES string of the molecule is C=CC.CC1C(O)CCC2(C)C1CCC1(C)C3CCC4(/C=N/O)CCCC4C3CCC21. The first kappa shape index (κ1) is 23.3. The highest BCUT2D eigenvalue weighted by Gasteiger charge is 2.64. The van der Waals surface area contributed by atoms with Crippen LogP contribution in [0.25, 0.3) is 0 Å².